The standard InChI is InChI=1S/C76H136O6/c1-4-7-10-13-16-19-21-23-25-27-29-31-33-35-36-37-38-39-40-42-43-45-47-49-51-53-55-57-60-63-66-69-75(78)81-72-73(71-80-74(77)68-65-62-59-18-15-12-9-6-3)82-76(79)70-67-64-61-58-56-54-52-50-48-46-44-41-34-32-30-28-26-24-22-20-17-14-11-8-5-2/h7,10,16,19,22-25,28-31,73H,4-6,8-9,11-15,17-18,20-21,26-27,32-72H2,1-3H3/b10-7-,19-16-,24-22-,25-23-,30-28-,31-29-. The van der Waals surface area contributed by atoms with Crippen LogP contribution in [0.4, 0.5) is 0 Å². The van der Waals surface area contributed by atoms with Crippen LogP contribution in [0.5, 0.6) is 0 Å². The maximum Gasteiger partial charge on any atom is 0.306 e. The van der Waals surface area contributed by atoms with Crippen LogP contribution in [0.15, 0.2) is 72.9 Å². The summed E-state index contributed by atoms with van der Waals surface area (Å²) in [4.78, 5) is 38.3. The molecule has 0 N–H and O–H groups in total. The zero-order chi connectivity index (χ0) is 59.2. The van der Waals surface area contributed by atoms with Gasteiger partial charge in [0, 0.05) is 19.3 Å². The molecule has 0 radical (unpaired) electrons. The number of unbranched alkanes of at least 4 members (excludes halogenated alkanes) is 43. The molecule has 0 saturated heterocycles. The van der Waals surface area contributed by atoms with E-state index in [-0.39, 0.29) is 31.1 Å². The van der Waals surface area contributed by atoms with Crippen LogP contribution in [0, 0.1) is 0 Å². The van der Waals surface area contributed by atoms with Crippen molar-refractivity contribution in [3.63, 3.8) is 0 Å². The van der Waals surface area contributed by atoms with Gasteiger partial charge in [-0.1, -0.05) is 338 Å². The highest BCUT2D eigenvalue weighted by atomic mass is 16.6. The molecule has 0 aliphatic rings. The van der Waals surface area contributed by atoms with Crippen molar-refractivity contribution in [2.24, 2.45) is 0 Å². The van der Waals surface area contributed by atoms with Gasteiger partial charge in [0.05, 0.1) is 0 Å². The molecule has 6 heteroatoms. The number of rotatable bonds is 66. The molecular weight excluding hydrogens is 1010 g/mol. The molecule has 82 heavy (non-hydrogen) atoms. The predicted octanol–water partition coefficient (Wildman–Crippen LogP) is 24.8. The topological polar surface area (TPSA) is 78.9 Å². The Morgan fingerprint density at radius 2 is 0.476 bits per heavy atom. The SMILES string of the molecule is CC/C=C\C/C=C\C/C=C\C/C=C\CCCCCCCCCCCCCCCCCCCCC(=O)OCC(COC(=O)CCCCCCCCCC)OC(=O)CCCCCCCCCCCCCCC/C=C\C/C=C\CCCCCCC. The van der Waals surface area contributed by atoms with Crippen LogP contribution in [-0.2, 0) is 28.6 Å². The van der Waals surface area contributed by atoms with Crippen molar-refractivity contribution in [1.82, 2.24) is 0 Å². The molecule has 0 heterocycles. The Morgan fingerprint density at radius 3 is 0.744 bits per heavy atom. The van der Waals surface area contributed by atoms with Crippen molar-refractivity contribution in [1.29, 1.82) is 0 Å². The number of ether oxygens (including phenoxy) is 3. The maximum absolute atomic E-state index is 12.9. The average Bonchev–Trinajstić information content (AvgIpc) is 3.47. The fourth-order valence-electron chi connectivity index (χ4n) is 10.6. The molecule has 0 aromatic heterocycles. The predicted molar refractivity (Wildman–Crippen MR) is 358 cm³/mol. The van der Waals surface area contributed by atoms with Gasteiger partial charge in [0.25, 0.3) is 0 Å². The Balaban J connectivity index is 4.06. The third-order valence-electron chi connectivity index (χ3n) is 15.9. The zero-order valence-corrected chi connectivity index (χ0v) is 54.8. The van der Waals surface area contributed by atoms with Crippen LogP contribution in [0.1, 0.15) is 374 Å². The van der Waals surface area contributed by atoms with Crippen LogP contribution < -0.4 is 0 Å². The second-order valence-corrected chi connectivity index (χ2v) is 24.1. The van der Waals surface area contributed by atoms with Gasteiger partial charge >= 0.3 is 17.9 Å². The summed E-state index contributed by atoms with van der Waals surface area (Å²) in [5.41, 5.74) is 0. The quantitative estimate of drug-likeness (QED) is 0.0261. The van der Waals surface area contributed by atoms with Crippen molar-refractivity contribution in [3.05, 3.63) is 72.9 Å². The van der Waals surface area contributed by atoms with Gasteiger partial charge in [-0.3, -0.25) is 14.4 Å². The normalized spacial score (nSPS) is 12.5. The van der Waals surface area contributed by atoms with Crippen LogP contribution in [0.25, 0.3) is 0 Å². The summed E-state index contributed by atoms with van der Waals surface area (Å²) in [6.07, 6.45) is 92.5. The van der Waals surface area contributed by atoms with Gasteiger partial charge in [0.1, 0.15) is 13.2 Å². The molecule has 1 unspecified atom stereocenters. The summed E-state index contributed by atoms with van der Waals surface area (Å²) >= 11 is 0. The summed E-state index contributed by atoms with van der Waals surface area (Å²) in [6, 6.07) is 0. The number of carbonyl (C=O) groups is 3. The van der Waals surface area contributed by atoms with E-state index in [9.17, 15) is 14.4 Å². The van der Waals surface area contributed by atoms with Gasteiger partial charge in [0.15, 0.2) is 6.10 Å². The van der Waals surface area contributed by atoms with Gasteiger partial charge in [-0.15, -0.1) is 0 Å². The summed E-state index contributed by atoms with van der Waals surface area (Å²) < 4.78 is 16.9. The van der Waals surface area contributed by atoms with Crippen LogP contribution in [0.2, 0.25) is 0 Å². The highest BCUT2D eigenvalue weighted by molar-refractivity contribution is 5.71. The van der Waals surface area contributed by atoms with Gasteiger partial charge in [-0.2, -0.15) is 0 Å². The molecule has 0 aliphatic heterocycles. The summed E-state index contributed by atoms with van der Waals surface area (Å²) in [7, 11) is 0. The number of esters is 3. The average molecular weight is 1150 g/mol. The van der Waals surface area contributed by atoms with E-state index in [1.807, 2.05) is 0 Å². The van der Waals surface area contributed by atoms with Crippen molar-refractivity contribution in [3.8, 4) is 0 Å². The minimum absolute atomic E-state index is 0.0700. The Kier molecular flexibility index (Phi) is 67.6. The first-order valence-corrected chi connectivity index (χ1v) is 35.9. The molecular formula is C76H136O6. The van der Waals surface area contributed by atoms with E-state index in [1.165, 1.54) is 244 Å². The third-order valence-corrected chi connectivity index (χ3v) is 15.9. The van der Waals surface area contributed by atoms with Gasteiger partial charge in [-0.05, 0) is 89.9 Å². The van der Waals surface area contributed by atoms with Crippen LogP contribution in [0.3, 0.4) is 0 Å². The molecule has 6 nitrogen and oxygen atoms in total. The molecule has 0 aliphatic carbocycles. The lowest BCUT2D eigenvalue weighted by molar-refractivity contribution is -0.167. The second kappa shape index (κ2) is 70.3. The molecule has 0 bridgehead atoms. The van der Waals surface area contributed by atoms with Crippen molar-refractivity contribution >= 4 is 17.9 Å². The Hall–Kier alpha value is -3.15. The Morgan fingerprint density at radius 1 is 0.256 bits per heavy atom. The molecule has 0 saturated carbocycles. The smallest absolute Gasteiger partial charge is 0.306 e. The number of hydrogen-bond acceptors (Lipinski definition) is 6. The lowest BCUT2D eigenvalue weighted by Gasteiger charge is -2.18. The van der Waals surface area contributed by atoms with Crippen molar-refractivity contribution in [2.45, 2.75) is 380 Å². The molecule has 1 atom stereocenters. The minimum Gasteiger partial charge on any atom is -0.462 e. The van der Waals surface area contributed by atoms with E-state index in [0.717, 1.165) is 89.9 Å². The highest BCUT2D eigenvalue weighted by Crippen LogP contribution is 2.18. The monoisotopic (exact) mass is 1150 g/mol. The van der Waals surface area contributed by atoms with E-state index < -0.39 is 6.10 Å². The van der Waals surface area contributed by atoms with Crippen LogP contribution in [-0.4, -0.2) is 37.2 Å². The van der Waals surface area contributed by atoms with E-state index in [0.29, 0.717) is 19.3 Å². The molecule has 0 rings (SSSR count). The largest absolute Gasteiger partial charge is 0.462 e. The molecule has 0 spiro atoms. The number of allylic oxidation sites excluding steroid dienone is 12. The number of hydrogen-bond donors (Lipinski definition) is 0. The first kappa shape index (κ1) is 78.8. The van der Waals surface area contributed by atoms with Crippen molar-refractivity contribution < 1.29 is 28.6 Å². The fourth-order valence-corrected chi connectivity index (χ4v) is 10.6. The van der Waals surface area contributed by atoms with Crippen LogP contribution >= 0.6 is 0 Å². The minimum atomic E-state index is -0.772. The highest BCUT2D eigenvalue weighted by Gasteiger charge is 2.19. The van der Waals surface area contributed by atoms with Crippen molar-refractivity contribution in [2.75, 3.05) is 13.2 Å². The Labute approximate surface area is 510 Å². The van der Waals surface area contributed by atoms with Gasteiger partial charge in [-0.25, -0.2) is 0 Å². The van der Waals surface area contributed by atoms with Gasteiger partial charge < -0.3 is 14.2 Å². The molecule has 476 valence electrons. The van der Waals surface area contributed by atoms with E-state index in [2.05, 4.69) is 93.7 Å². The van der Waals surface area contributed by atoms with E-state index in [1.54, 1.807) is 0 Å². The summed E-state index contributed by atoms with van der Waals surface area (Å²) in [5, 5.41) is 0. The van der Waals surface area contributed by atoms with E-state index >= 15 is 0 Å². The Bertz CT molecular complexity index is 1500. The lowest BCUT2D eigenvalue weighted by Crippen LogP contribution is -2.30. The lowest BCUT2D eigenvalue weighted by atomic mass is 10.0. The fraction of sp³-hybridized carbons (Fsp3) is 0.803. The molecule has 0 amide bonds. The molecule has 0 fully saturated rings. The summed E-state index contributed by atoms with van der Waals surface area (Å²) in [6.45, 7) is 6.54. The first-order chi connectivity index (χ1) is 40.5. The maximum atomic E-state index is 12.9. The van der Waals surface area contributed by atoms with E-state index in [4.69, 9.17) is 14.2 Å². The summed E-state index contributed by atoms with van der Waals surface area (Å²) in [5.74, 6) is -0.853. The third kappa shape index (κ3) is 67.6. The molecule has 0 aromatic rings. The first-order valence-electron chi connectivity index (χ1n) is 35.9. The zero-order valence-electron chi connectivity index (χ0n) is 54.8. The molecule has 0 aromatic carbocycles. The number of carbonyl (C=O) groups excluding carboxylic acids is 3. The van der Waals surface area contributed by atoms with Gasteiger partial charge in [0.2, 0.25) is 0 Å². The second-order valence-electron chi connectivity index (χ2n) is 24.1.